The molecule has 196 valence electrons. The third-order valence-electron chi connectivity index (χ3n) is 7.16. The van der Waals surface area contributed by atoms with Crippen LogP contribution < -0.4 is 0 Å². The summed E-state index contributed by atoms with van der Waals surface area (Å²) in [5.41, 5.74) is -0.444. The van der Waals surface area contributed by atoms with E-state index >= 15 is 0 Å². The van der Waals surface area contributed by atoms with Gasteiger partial charge in [0.2, 0.25) is 6.29 Å². The summed E-state index contributed by atoms with van der Waals surface area (Å²) in [4.78, 5) is 12.6. The van der Waals surface area contributed by atoms with Gasteiger partial charge in [-0.15, -0.1) is 0 Å². The highest BCUT2D eigenvalue weighted by molar-refractivity contribution is 5.87. The van der Waals surface area contributed by atoms with Crippen LogP contribution in [0.5, 0.6) is 5.75 Å². The van der Waals surface area contributed by atoms with E-state index in [1.165, 1.54) is 30.5 Å². The lowest BCUT2D eigenvalue weighted by molar-refractivity contribution is -0.344. The molecule has 0 radical (unpaired) electrons. The molecule has 0 unspecified atom stereocenters. The Morgan fingerprint density at radius 3 is 2.50 bits per heavy atom. The van der Waals surface area contributed by atoms with Crippen molar-refractivity contribution >= 4 is 12.0 Å². The highest BCUT2D eigenvalue weighted by Gasteiger charge is 2.77. The van der Waals surface area contributed by atoms with E-state index in [9.17, 15) is 35.4 Å². The van der Waals surface area contributed by atoms with E-state index in [0.29, 0.717) is 5.56 Å². The average molecular weight is 508 g/mol. The number of carbonyl (C=O) groups is 1. The molecule has 1 aliphatic carbocycles. The number of benzene rings is 1. The van der Waals surface area contributed by atoms with Crippen LogP contribution in [0.2, 0.25) is 0 Å². The first kappa shape index (κ1) is 25.1. The average Bonchev–Trinajstić information content (AvgIpc) is 3.56. The van der Waals surface area contributed by atoms with Crippen molar-refractivity contribution in [1.82, 2.24) is 0 Å². The molecule has 0 bridgehead atoms. The van der Waals surface area contributed by atoms with Crippen molar-refractivity contribution in [3.05, 3.63) is 48.2 Å². The van der Waals surface area contributed by atoms with Crippen molar-refractivity contribution in [3.63, 3.8) is 0 Å². The van der Waals surface area contributed by atoms with Crippen molar-refractivity contribution < 1.29 is 59.1 Å². The maximum Gasteiger partial charge on any atom is 0.331 e. The molecule has 5 rings (SSSR count). The third-order valence-corrected chi connectivity index (χ3v) is 7.16. The Bertz CT molecular complexity index is 1010. The first-order valence-electron chi connectivity index (χ1n) is 11.5. The fourth-order valence-electron chi connectivity index (χ4n) is 5.21. The maximum atomic E-state index is 12.6. The zero-order valence-electron chi connectivity index (χ0n) is 18.9. The quantitative estimate of drug-likeness (QED) is 0.141. The van der Waals surface area contributed by atoms with Crippen LogP contribution in [-0.2, 0) is 28.5 Å². The molecular formula is C24H28O12. The van der Waals surface area contributed by atoms with Gasteiger partial charge in [0.25, 0.3) is 0 Å². The standard InChI is InChI=1S/C24H28O12/c25-9-14-17(29)18(30)19(31)23(33-14)35-22-16-13(7-8-32-22)20(21-24(16,10-26)36-21)34-15(28)6-3-11-1-4-12(27)5-2-11/h1-8,13-14,16-23,25-27,29-31H,9-10H2/b6-3+/t13-,14+,16+,17+,18-,19+,20-,21-,22-,23-,24+/m1/s1. The highest BCUT2D eigenvalue weighted by Crippen LogP contribution is 2.60. The van der Waals surface area contributed by atoms with Gasteiger partial charge in [0.05, 0.1) is 25.4 Å². The molecule has 3 heterocycles. The van der Waals surface area contributed by atoms with Gasteiger partial charge in [0.1, 0.15) is 48.0 Å². The van der Waals surface area contributed by atoms with Crippen LogP contribution in [-0.4, -0.2) is 105 Å². The molecule has 0 spiro atoms. The molecule has 0 amide bonds. The van der Waals surface area contributed by atoms with E-state index in [1.807, 2.05) is 0 Å². The second-order valence-electron chi connectivity index (χ2n) is 9.25. The minimum atomic E-state index is -1.64. The largest absolute Gasteiger partial charge is 0.508 e. The summed E-state index contributed by atoms with van der Waals surface area (Å²) in [6, 6.07) is 6.24. The SMILES string of the molecule is O=C(/C=C/c1ccc(O)cc1)O[C@@H]1[C@@H]2C=CO[C@H](O[C@H]3O[C@@H](CO)[C@H](O)[C@@H](O)[C@@H]3O)[C@H]2[C@]2(CO)O[C@H]12. The van der Waals surface area contributed by atoms with Gasteiger partial charge in [0, 0.05) is 12.0 Å². The Kier molecular flexibility index (Phi) is 6.78. The van der Waals surface area contributed by atoms with E-state index in [-0.39, 0.29) is 5.75 Å². The number of hydrogen-bond acceptors (Lipinski definition) is 12. The Morgan fingerprint density at radius 1 is 1.06 bits per heavy atom. The minimum absolute atomic E-state index is 0.102. The van der Waals surface area contributed by atoms with Crippen molar-refractivity contribution in [1.29, 1.82) is 0 Å². The number of ether oxygens (including phenoxy) is 5. The van der Waals surface area contributed by atoms with E-state index < -0.39 is 85.8 Å². The molecule has 12 nitrogen and oxygen atoms in total. The molecule has 1 aromatic rings. The number of aliphatic hydroxyl groups is 5. The van der Waals surface area contributed by atoms with E-state index in [4.69, 9.17) is 23.7 Å². The van der Waals surface area contributed by atoms with Gasteiger partial charge in [-0.25, -0.2) is 4.79 Å². The number of rotatable bonds is 7. The zero-order chi connectivity index (χ0) is 25.6. The molecule has 1 aromatic carbocycles. The summed E-state index contributed by atoms with van der Waals surface area (Å²) in [5, 5.41) is 59.3. The van der Waals surface area contributed by atoms with Gasteiger partial charge >= 0.3 is 5.97 Å². The normalized spacial score (nSPS) is 43.0. The molecule has 12 heteroatoms. The van der Waals surface area contributed by atoms with Crippen LogP contribution in [0.4, 0.5) is 0 Å². The molecule has 11 atom stereocenters. The molecule has 2 saturated heterocycles. The Labute approximate surface area is 205 Å². The number of epoxide rings is 1. The number of hydrogen-bond donors (Lipinski definition) is 6. The molecule has 6 N–H and O–H groups in total. The minimum Gasteiger partial charge on any atom is -0.508 e. The van der Waals surface area contributed by atoms with Crippen molar-refractivity contribution in [3.8, 4) is 5.75 Å². The summed E-state index contributed by atoms with van der Waals surface area (Å²) in [6.07, 6.45) is -4.18. The van der Waals surface area contributed by atoms with E-state index in [2.05, 4.69) is 0 Å². The van der Waals surface area contributed by atoms with Crippen LogP contribution in [0.25, 0.3) is 6.08 Å². The van der Waals surface area contributed by atoms with E-state index in [0.717, 1.165) is 0 Å². The fraction of sp³-hybridized carbons (Fsp3) is 0.542. The summed E-state index contributed by atoms with van der Waals surface area (Å²) < 4.78 is 28.3. The Balaban J connectivity index is 1.30. The first-order chi connectivity index (χ1) is 17.3. The second-order valence-corrected chi connectivity index (χ2v) is 9.25. The Hall–Kier alpha value is -2.55. The van der Waals surface area contributed by atoms with Crippen LogP contribution >= 0.6 is 0 Å². The smallest absolute Gasteiger partial charge is 0.331 e. The van der Waals surface area contributed by atoms with Crippen molar-refractivity contribution in [2.75, 3.05) is 13.2 Å². The van der Waals surface area contributed by atoms with Crippen molar-refractivity contribution in [2.45, 2.75) is 54.8 Å². The molecule has 3 aliphatic heterocycles. The molecule has 1 saturated carbocycles. The van der Waals surface area contributed by atoms with E-state index in [1.54, 1.807) is 18.2 Å². The van der Waals surface area contributed by atoms with Gasteiger partial charge < -0.3 is 54.3 Å². The van der Waals surface area contributed by atoms with Gasteiger partial charge in [-0.2, -0.15) is 0 Å². The zero-order valence-corrected chi connectivity index (χ0v) is 18.9. The van der Waals surface area contributed by atoms with Gasteiger partial charge in [-0.3, -0.25) is 0 Å². The predicted octanol–water partition coefficient (Wildman–Crippen LogP) is -1.62. The maximum absolute atomic E-state index is 12.6. The lowest BCUT2D eigenvalue weighted by Crippen LogP contribution is -2.60. The topological polar surface area (TPSA) is 188 Å². The molecule has 4 aliphatic rings. The van der Waals surface area contributed by atoms with Crippen LogP contribution in [0.3, 0.4) is 0 Å². The summed E-state index contributed by atoms with van der Waals surface area (Å²) >= 11 is 0. The number of carbonyl (C=O) groups excluding carboxylic acids is 1. The lowest BCUT2D eigenvalue weighted by Gasteiger charge is -2.43. The summed E-state index contributed by atoms with van der Waals surface area (Å²) in [7, 11) is 0. The highest BCUT2D eigenvalue weighted by atomic mass is 16.8. The number of phenols is 1. The predicted molar refractivity (Wildman–Crippen MR) is 118 cm³/mol. The molecular weight excluding hydrogens is 480 g/mol. The van der Waals surface area contributed by atoms with Crippen LogP contribution in [0, 0.1) is 11.8 Å². The second kappa shape index (κ2) is 9.72. The third kappa shape index (κ3) is 4.29. The lowest BCUT2D eigenvalue weighted by atomic mass is 9.85. The van der Waals surface area contributed by atoms with Crippen molar-refractivity contribution in [2.24, 2.45) is 11.8 Å². The first-order valence-corrected chi connectivity index (χ1v) is 11.5. The molecule has 36 heavy (non-hydrogen) atoms. The number of aliphatic hydroxyl groups excluding tert-OH is 5. The number of aromatic hydroxyl groups is 1. The summed E-state index contributed by atoms with van der Waals surface area (Å²) in [6.45, 7) is -1.04. The monoisotopic (exact) mass is 508 g/mol. The van der Waals surface area contributed by atoms with Crippen LogP contribution in [0.15, 0.2) is 42.7 Å². The fourth-order valence-corrected chi connectivity index (χ4v) is 5.21. The van der Waals surface area contributed by atoms with Crippen LogP contribution in [0.1, 0.15) is 5.56 Å². The van der Waals surface area contributed by atoms with Gasteiger partial charge in [-0.05, 0) is 29.8 Å². The number of fused-ring (bicyclic) bond motifs is 3. The number of esters is 1. The summed E-state index contributed by atoms with van der Waals surface area (Å²) in [5.74, 6) is -1.67. The number of phenolic OH excluding ortho intramolecular Hbond substituents is 1. The molecule has 0 aromatic heterocycles. The van der Waals surface area contributed by atoms with Gasteiger partial charge in [0.15, 0.2) is 6.29 Å². The Morgan fingerprint density at radius 2 is 1.81 bits per heavy atom. The van der Waals surface area contributed by atoms with Gasteiger partial charge in [-0.1, -0.05) is 12.1 Å². The molecule has 3 fully saturated rings.